The summed E-state index contributed by atoms with van der Waals surface area (Å²) in [6.07, 6.45) is 0. The van der Waals surface area contributed by atoms with Gasteiger partial charge in [0.2, 0.25) is 5.91 Å². The van der Waals surface area contributed by atoms with Crippen LogP contribution in [0.15, 0.2) is 24.3 Å². The van der Waals surface area contributed by atoms with Crippen LogP contribution in [0.3, 0.4) is 0 Å². The fourth-order valence-corrected chi connectivity index (χ4v) is 2.37. The van der Waals surface area contributed by atoms with E-state index in [1.165, 1.54) is 0 Å². The smallest absolute Gasteiger partial charge is 0.254 e. The van der Waals surface area contributed by atoms with Crippen LogP contribution in [-0.4, -0.2) is 47.3 Å². The normalized spacial score (nSPS) is 16.1. The minimum absolute atomic E-state index is 0.0299. The summed E-state index contributed by atoms with van der Waals surface area (Å²) in [5, 5.41) is 0. The molecule has 0 radical (unpaired) electrons. The van der Waals surface area contributed by atoms with Crippen molar-refractivity contribution in [1.82, 2.24) is 9.80 Å². The summed E-state index contributed by atoms with van der Waals surface area (Å²) in [7, 11) is 0. The monoisotopic (exact) mass is 260 g/mol. The van der Waals surface area contributed by atoms with Gasteiger partial charge in [-0.2, -0.15) is 0 Å². The zero-order chi connectivity index (χ0) is 14.0. The molecule has 2 amide bonds. The zero-order valence-electron chi connectivity index (χ0n) is 11.7. The first kappa shape index (κ1) is 13.6. The first-order valence-electron chi connectivity index (χ1n) is 6.64. The highest BCUT2D eigenvalue weighted by Gasteiger charge is 2.28. The van der Waals surface area contributed by atoms with Gasteiger partial charge in [0.1, 0.15) is 6.54 Å². The lowest BCUT2D eigenvalue weighted by atomic mass is 10.1. The Hall–Kier alpha value is -1.84. The van der Waals surface area contributed by atoms with Gasteiger partial charge >= 0.3 is 0 Å². The lowest BCUT2D eigenvalue weighted by Gasteiger charge is -2.36. The minimum Gasteiger partial charge on any atom is -0.337 e. The maximum Gasteiger partial charge on any atom is 0.254 e. The predicted octanol–water partition coefficient (Wildman–Crippen LogP) is 1.69. The molecule has 2 rings (SSSR count). The fraction of sp³-hybridized carbons (Fsp3) is 0.467. The number of piperazine rings is 1. The van der Waals surface area contributed by atoms with E-state index in [0.717, 1.165) is 5.56 Å². The molecule has 1 fully saturated rings. The maximum absolute atomic E-state index is 12.3. The molecule has 1 saturated heterocycles. The van der Waals surface area contributed by atoms with Crippen molar-refractivity contribution >= 4 is 11.8 Å². The minimum atomic E-state index is -0.0551. The Labute approximate surface area is 114 Å². The molecule has 0 aliphatic carbocycles. The molecule has 0 spiro atoms. The molecular formula is C15H20N2O2. The highest BCUT2D eigenvalue weighted by Crippen LogP contribution is 2.12. The number of hydrogen-bond acceptors (Lipinski definition) is 2. The van der Waals surface area contributed by atoms with E-state index >= 15 is 0 Å². The summed E-state index contributed by atoms with van der Waals surface area (Å²) in [6.45, 7) is 7.36. The summed E-state index contributed by atoms with van der Waals surface area (Å²) in [5.74, 6) is -0.0253. The Balaban J connectivity index is 2.08. The van der Waals surface area contributed by atoms with Crippen molar-refractivity contribution in [1.29, 1.82) is 0 Å². The molecule has 4 heteroatoms. The molecule has 0 atom stereocenters. The van der Waals surface area contributed by atoms with Crippen molar-refractivity contribution in [3.05, 3.63) is 35.4 Å². The van der Waals surface area contributed by atoms with Crippen LogP contribution in [0.4, 0.5) is 0 Å². The van der Waals surface area contributed by atoms with E-state index in [1.807, 2.05) is 43.9 Å². The van der Waals surface area contributed by atoms with Gasteiger partial charge in [-0.05, 0) is 32.9 Å². The maximum atomic E-state index is 12.3. The van der Waals surface area contributed by atoms with E-state index in [4.69, 9.17) is 0 Å². The van der Waals surface area contributed by atoms with Crippen molar-refractivity contribution in [2.24, 2.45) is 0 Å². The third-order valence-corrected chi connectivity index (χ3v) is 3.43. The molecule has 0 saturated carbocycles. The quantitative estimate of drug-likeness (QED) is 0.812. The van der Waals surface area contributed by atoms with Gasteiger partial charge in [0.05, 0.1) is 0 Å². The van der Waals surface area contributed by atoms with E-state index in [9.17, 15) is 9.59 Å². The highest BCUT2D eigenvalue weighted by atomic mass is 16.2. The van der Waals surface area contributed by atoms with Crippen LogP contribution in [0.1, 0.15) is 29.8 Å². The number of benzene rings is 1. The molecule has 4 nitrogen and oxygen atoms in total. The van der Waals surface area contributed by atoms with Gasteiger partial charge in [0.25, 0.3) is 5.91 Å². The van der Waals surface area contributed by atoms with Gasteiger partial charge in [-0.3, -0.25) is 9.59 Å². The van der Waals surface area contributed by atoms with Gasteiger partial charge in [0.15, 0.2) is 0 Å². The number of nitrogens with zero attached hydrogens (tertiary/aromatic N) is 2. The van der Waals surface area contributed by atoms with Crippen LogP contribution in [0.5, 0.6) is 0 Å². The van der Waals surface area contributed by atoms with Gasteiger partial charge < -0.3 is 9.80 Å². The van der Waals surface area contributed by atoms with Crippen molar-refractivity contribution in [2.75, 3.05) is 19.6 Å². The van der Waals surface area contributed by atoms with Crippen LogP contribution >= 0.6 is 0 Å². The molecule has 1 aliphatic rings. The number of carbonyl (C=O) groups is 2. The summed E-state index contributed by atoms with van der Waals surface area (Å²) >= 11 is 0. The van der Waals surface area contributed by atoms with Crippen LogP contribution in [0.25, 0.3) is 0 Å². The lowest BCUT2D eigenvalue weighted by molar-refractivity contribution is -0.136. The highest BCUT2D eigenvalue weighted by molar-refractivity contribution is 5.97. The molecule has 102 valence electrons. The van der Waals surface area contributed by atoms with E-state index in [0.29, 0.717) is 18.7 Å². The number of amides is 2. The third kappa shape index (κ3) is 2.95. The molecule has 1 aromatic carbocycles. The van der Waals surface area contributed by atoms with Gasteiger partial charge in [0, 0.05) is 24.7 Å². The van der Waals surface area contributed by atoms with Gasteiger partial charge in [-0.25, -0.2) is 0 Å². The Morgan fingerprint density at radius 3 is 2.58 bits per heavy atom. The molecule has 0 aromatic heterocycles. The molecule has 1 aliphatic heterocycles. The average Bonchev–Trinajstić information content (AvgIpc) is 2.37. The molecule has 0 bridgehead atoms. The number of aryl methyl sites for hydroxylation is 1. The summed E-state index contributed by atoms with van der Waals surface area (Å²) in [4.78, 5) is 27.8. The SMILES string of the molecule is Cc1cccc(C(=O)N2CCN(C(C)C)C(=O)C2)c1. The second-order valence-electron chi connectivity index (χ2n) is 5.28. The molecule has 0 N–H and O–H groups in total. The number of rotatable bonds is 2. The van der Waals surface area contributed by atoms with Crippen LogP contribution in [0.2, 0.25) is 0 Å². The Kier molecular flexibility index (Phi) is 3.88. The molecule has 1 aromatic rings. The van der Waals surface area contributed by atoms with Crippen molar-refractivity contribution in [2.45, 2.75) is 26.8 Å². The van der Waals surface area contributed by atoms with Crippen LogP contribution in [-0.2, 0) is 4.79 Å². The summed E-state index contributed by atoms with van der Waals surface area (Å²) < 4.78 is 0. The van der Waals surface area contributed by atoms with Crippen molar-refractivity contribution in [3.8, 4) is 0 Å². The molecule has 1 heterocycles. The third-order valence-electron chi connectivity index (χ3n) is 3.43. The van der Waals surface area contributed by atoms with Crippen LogP contribution in [0, 0.1) is 6.92 Å². The van der Waals surface area contributed by atoms with E-state index in [1.54, 1.807) is 11.0 Å². The number of carbonyl (C=O) groups excluding carboxylic acids is 2. The van der Waals surface area contributed by atoms with Crippen molar-refractivity contribution in [3.63, 3.8) is 0 Å². The molecular weight excluding hydrogens is 240 g/mol. The standard InChI is InChI=1S/C15H20N2O2/c1-11(2)17-8-7-16(10-14(17)18)15(19)13-6-4-5-12(3)9-13/h4-6,9,11H,7-8,10H2,1-3H3. The second-order valence-corrected chi connectivity index (χ2v) is 5.28. The van der Waals surface area contributed by atoms with E-state index < -0.39 is 0 Å². The van der Waals surface area contributed by atoms with Gasteiger partial charge in [-0.15, -0.1) is 0 Å². The van der Waals surface area contributed by atoms with Crippen molar-refractivity contribution < 1.29 is 9.59 Å². The van der Waals surface area contributed by atoms with E-state index in [2.05, 4.69) is 0 Å². The molecule has 0 unspecified atom stereocenters. The Morgan fingerprint density at radius 1 is 1.26 bits per heavy atom. The lowest BCUT2D eigenvalue weighted by Crippen LogP contribution is -2.54. The molecule has 19 heavy (non-hydrogen) atoms. The van der Waals surface area contributed by atoms with E-state index in [-0.39, 0.29) is 24.4 Å². The fourth-order valence-electron chi connectivity index (χ4n) is 2.37. The summed E-state index contributed by atoms with van der Waals surface area (Å²) in [6, 6.07) is 7.69. The number of hydrogen-bond donors (Lipinski definition) is 0. The second kappa shape index (κ2) is 5.43. The first-order valence-corrected chi connectivity index (χ1v) is 6.64. The van der Waals surface area contributed by atoms with Gasteiger partial charge in [-0.1, -0.05) is 17.7 Å². The average molecular weight is 260 g/mol. The Morgan fingerprint density at radius 2 is 2.00 bits per heavy atom. The summed E-state index contributed by atoms with van der Waals surface area (Å²) in [5.41, 5.74) is 1.71. The Bertz CT molecular complexity index is 497. The zero-order valence-corrected chi connectivity index (χ0v) is 11.7. The largest absolute Gasteiger partial charge is 0.337 e. The predicted molar refractivity (Wildman–Crippen MR) is 73.9 cm³/mol. The topological polar surface area (TPSA) is 40.6 Å². The first-order chi connectivity index (χ1) is 8.99. The van der Waals surface area contributed by atoms with Crippen LogP contribution < -0.4 is 0 Å².